The Balaban J connectivity index is 2.24. The van der Waals surface area contributed by atoms with Crippen molar-refractivity contribution in [3.8, 4) is 6.07 Å². The highest BCUT2D eigenvalue weighted by atomic mass is 15.1. The Labute approximate surface area is 120 Å². The predicted molar refractivity (Wildman–Crippen MR) is 82.9 cm³/mol. The number of hydrogen-bond acceptors (Lipinski definition) is 3. The standard InChI is InChI=1S/C17H19N3/c1-3-17(19)14-7-9-15(10-8-14)20(2)16-6-4-5-13(11-16)12-18/h4-11,17H,3,19H2,1-2H3/t17-/m1/s1. The van der Waals surface area contributed by atoms with E-state index in [1.165, 1.54) is 0 Å². The predicted octanol–water partition coefficient (Wildman–Crippen LogP) is 3.74. The van der Waals surface area contributed by atoms with E-state index in [-0.39, 0.29) is 6.04 Å². The molecule has 2 N–H and O–H groups in total. The van der Waals surface area contributed by atoms with Gasteiger partial charge in [-0.25, -0.2) is 0 Å². The second-order valence-electron chi connectivity index (χ2n) is 4.83. The van der Waals surface area contributed by atoms with Crippen LogP contribution in [0.1, 0.15) is 30.5 Å². The van der Waals surface area contributed by atoms with Crippen molar-refractivity contribution in [1.29, 1.82) is 5.26 Å². The van der Waals surface area contributed by atoms with Crippen LogP contribution >= 0.6 is 0 Å². The van der Waals surface area contributed by atoms with E-state index in [2.05, 4.69) is 42.2 Å². The quantitative estimate of drug-likeness (QED) is 0.916. The van der Waals surface area contributed by atoms with Gasteiger partial charge in [-0.05, 0) is 42.3 Å². The molecule has 3 heteroatoms. The van der Waals surface area contributed by atoms with Crippen LogP contribution in [0.4, 0.5) is 11.4 Å². The van der Waals surface area contributed by atoms with Crippen molar-refractivity contribution in [3.63, 3.8) is 0 Å². The summed E-state index contributed by atoms with van der Waals surface area (Å²) in [6, 6.07) is 18.1. The molecule has 2 rings (SSSR count). The molecule has 2 aromatic carbocycles. The fourth-order valence-electron chi connectivity index (χ4n) is 2.11. The van der Waals surface area contributed by atoms with Gasteiger partial charge in [0, 0.05) is 24.5 Å². The number of anilines is 2. The van der Waals surface area contributed by atoms with E-state index in [1.807, 2.05) is 25.2 Å². The van der Waals surface area contributed by atoms with Crippen molar-refractivity contribution in [2.24, 2.45) is 5.73 Å². The summed E-state index contributed by atoms with van der Waals surface area (Å²) in [5, 5.41) is 8.96. The van der Waals surface area contributed by atoms with Crippen molar-refractivity contribution in [2.75, 3.05) is 11.9 Å². The van der Waals surface area contributed by atoms with Crippen LogP contribution in [-0.4, -0.2) is 7.05 Å². The Morgan fingerprint density at radius 3 is 2.45 bits per heavy atom. The summed E-state index contributed by atoms with van der Waals surface area (Å²) in [4.78, 5) is 2.06. The first-order valence-electron chi connectivity index (χ1n) is 6.75. The van der Waals surface area contributed by atoms with Crippen molar-refractivity contribution < 1.29 is 0 Å². The molecule has 1 atom stereocenters. The minimum Gasteiger partial charge on any atom is -0.345 e. The molecule has 2 aromatic rings. The number of nitriles is 1. The van der Waals surface area contributed by atoms with Crippen LogP contribution in [0.25, 0.3) is 0 Å². The number of rotatable bonds is 4. The van der Waals surface area contributed by atoms with Crippen molar-refractivity contribution >= 4 is 11.4 Å². The van der Waals surface area contributed by atoms with Crippen molar-refractivity contribution in [1.82, 2.24) is 0 Å². The van der Waals surface area contributed by atoms with E-state index in [0.717, 1.165) is 23.4 Å². The molecule has 0 spiro atoms. The van der Waals surface area contributed by atoms with Crippen LogP contribution in [0, 0.1) is 11.3 Å². The van der Waals surface area contributed by atoms with Crippen LogP contribution in [0.5, 0.6) is 0 Å². The van der Waals surface area contributed by atoms with Crippen LogP contribution in [0.2, 0.25) is 0 Å². The van der Waals surface area contributed by atoms with Crippen LogP contribution in [-0.2, 0) is 0 Å². The van der Waals surface area contributed by atoms with Crippen molar-refractivity contribution in [2.45, 2.75) is 19.4 Å². The fourth-order valence-corrected chi connectivity index (χ4v) is 2.11. The van der Waals surface area contributed by atoms with E-state index >= 15 is 0 Å². The molecule has 0 bridgehead atoms. The van der Waals surface area contributed by atoms with Gasteiger partial charge in [0.15, 0.2) is 0 Å². The van der Waals surface area contributed by atoms with E-state index in [9.17, 15) is 0 Å². The van der Waals surface area contributed by atoms with Crippen molar-refractivity contribution in [3.05, 3.63) is 59.7 Å². The van der Waals surface area contributed by atoms with Gasteiger partial charge in [-0.3, -0.25) is 0 Å². The molecule has 0 aromatic heterocycles. The zero-order chi connectivity index (χ0) is 14.5. The summed E-state index contributed by atoms with van der Waals surface area (Å²) in [5.74, 6) is 0. The molecule has 102 valence electrons. The SMILES string of the molecule is CC[C@@H](N)c1ccc(N(C)c2cccc(C#N)c2)cc1. The lowest BCUT2D eigenvalue weighted by Crippen LogP contribution is -2.11. The average Bonchev–Trinajstić information content (AvgIpc) is 2.53. The normalized spacial score (nSPS) is 11.7. The third-order valence-electron chi connectivity index (χ3n) is 3.51. The average molecular weight is 265 g/mol. The molecule has 0 unspecified atom stereocenters. The summed E-state index contributed by atoms with van der Waals surface area (Å²) in [6.45, 7) is 2.08. The maximum Gasteiger partial charge on any atom is 0.0992 e. The third kappa shape index (κ3) is 2.98. The lowest BCUT2D eigenvalue weighted by molar-refractivity contribution is 0.699. The minimum atomic E-state index is 0.0938. The lowest BCUT2D eigenvalue weighted by atomic mass is 10.0. The second kappa shape index (κ2) is 6.23. The van der Waals surface area contributed by atoms with Gasteiger partial charge in [0.05, 0.1) is 11.6 Å². The molecule has 0 aliphatic carbocycles. The number of benzene rings is 2. The maximum absolute atomic E-state index is 8.96. The van der Waals surface area contributed by atoms with E-state index in [0.29, 0.717) is 5.56 Å². The third-order valence-corrected chi connectivity index (χ3v) is 3.51. The van der Waals surface area contributed by atoms with Gasteiger partial charge >= 0.3 is 0 Å². The first-order valence-corrected chi connectivity index (χ1v) is 6.75. The molecule has 0 fully saturated rings. The van der Waals surface area contributed by atoms with Gasteiger partial charge in [-0.15, -0.1) is 0 Å². The van der Waals surface area contributed by atoms with Gasteiger partial charge in [-0.1, -0.05) is 25.1 Å². The Morgan fingerprint density at radius 1 is 1.15 bits per heavy atom. The fraction of sp³-hybridized carbons (Fsp3) is 0.235. The van der Waals surface area contributed by atoms with Gasteiger partial charge in [-0.2, -0.15) is 5.26 Å². The number of nitrogens with zero attached hydrogens (tertiary/aromatic N) is 2. The van der Waals surface area contributed by atoms with E-state index in [4.69, 9.17) is 11.0 Å². The van der Waals surface area contributed by atoms with Crippen LogP contribution < -0.4 is 10.6 Å². The Morgan fingerprint density at radius 2 is 1.85 bits per heavy atom. The number of nitrogens with two attached hydrogens (primary N) is 1. The van der Waals surface area contributed by atoms with E-state index in [1.54, 1.807) is 6.07 Å². The Hall–Kier alpha value is -2.31. The summed E-state index contributed by atoms with van der Waals surface area (Å²) in [6.07, 6.45) is 0.930. The summed E-state index contributed by atoms with van der Waals surface area (Å²) < 4.78 is 0. The first kappa shape index (κ1) is 14.1. The topological polar surface area (TPSA) is 53.0 Å². The second-order valence-corrected chi connectivity index (χ2v) is 4.83. The Kier molecular flexibility index (Phi) is 4.39. The number of hydrogen-bond donors (Lipinski definition) is 1. The highest BCUT2D eigenvalue weighted by molar-refractivity contribution is 5.64. The first-order chi connectivity index (χ1) is 9.65. The van der Waals surface area contributed by atoms with Gasteiger partial charge in [0.2, 0.25) is 0 Å². The van der Waals surface area contributed by atoms with Gasteiger partial charge in [0.1, 0.15) is 0 Å². The summed E-state index contributed by atoms with van der Waals surface area (Å²) >= 11 is 0. The molecule has 0 amide bonds. The van der Waals surface area contributed by atoms with Crippen LogP contribution in [0.3, 0.4) is 0 Å². The van der Waals surface area contributed by atoms with Gasteiger partial charge in [0.25, 0.3) is 0 Å². The zero-order valence-electron chi connectivity index (χ0n) is 11.9. The lowest BCUT2D eigenvalue weighted by Gasteiger charge is -2.20. The molecule has 0 radical (unpaired) electrons. The molecule has 3 nitrogen and oxygen atoms in total. The molecule has 0 heterocycles. The molecule has 0 saturated heterocycles. The monoisotopic (exact) mass is 265 g/mol. The summed E-state index contributed by atoms with van der Waals surface area (Å²) in [5.41, 5.74) is 9.91. The smallest absolute Gasteiger partial charge is 0.0992 e. The minimum absolute atomic E-state index is 0.0938. The van der Waals surface area contributed by atoms with Gasteiger partial charge < -0.3 is 10.6 Å². The molecular formula is C17H19N3. The largest absolute Gasteiger partial charge is 0.345 e. The molecule has 0 aliphatic rings. The Bertz CT molecular complexity index is 611. The molecule has 0 saturated carbocycles. The molecule has 0 aliphatic heterocycles. The zero-order valence-corrected chi connectivity index (χ0v) is 11.9. The maximum atomic E-state index is 8.96. The highest BCUT2D eigenvalue weighted by Gasteiger charge is 2.07. The van der Waals surface area contributed by atoms with Crippen LogP contribution in [0.15, 0.2) is 48.5 Å². The summed E-state index contributed by atoms with van der Waals surface area (Å²) in [7, 11) is 1.99. The van der Waals surface area contributed by atoms with E-state index < -0.39 is 0 Å². The molecular weight excluding hydrogens is 246 g/mol. The molecule has 20 heavy (non-hydrogen) atoms. The highest BCUT2D eigenvalue weighted by Crippen LogP contribution is 2.25.